The van der Waals surface area contributed by atoms with Crippen molar-refractivity contribution in [3.63, 3.8) is 0 Å². The lowest BCUT2D eigenvalue weighted by Gasteiger charge is -2.05. The molecule has 2 nitrogen and oxygen atoms in total. The molecule has 1 aromatic heterocycles. The van der Waals surface area contributed by atoms with Crippen LogP contribution in [-0.4, -0.2) is 10.7 Å². The summed E-state index contributed by atoms with van der Waals surface area (Å²) in [5, 5.41) is 11.1. The van der Waals surface area contributed by atoms with E-state index >= 15 is 0 Å². The third-order valence-corrected chi connectivity index (χ3v) is 3.87. The standard InChI is InChI=1S/C15H16N2S/c1-2-3-6-9-18-15-13(11-16)10-12-7-4-5-8-14(12)17-15/h4-5,7-8,10H,2-3,6,9H2,1H3. The summed E-state index contributed by atoms with van der Waals surface area (Å²) in [6.07, 6.45) is 3.64. The third kappa shape index (κ3) is 3.02. The van der Waals surface area contributed by atoms with E-state index in [1.807, 2.05) is 30.3 Å². The lowest BCUT2D eigenvalue weighted by molar-refractivity contribution is 0.778. The molecule has 0 fully saturated rings. The van der Waals surface area contributed by atoms with Gasteiger partial charge in [-0.25, -0.2) is 4.98 Å². The van der Waals surface area contributed by atoms with Crippen molar-refractivity contribution in [3.05, 3.63) is 35.9 Å². The van der Waals surface area contributed by atoms with Crippen molar-refractivity contribution in [2.75, 3.05) is 5.75 Å². The first-order valence-corrected chi connectivity index (χ1v) is 7.26. The summed E-state index contributed by atoms with van der Waals surface area (Å²) < 4.78 is 0. The smallest absolute Gasteiger partial charge is 0.115 e. The van der Waals surface area contributed by atoms with Crippen molar-refractivity contribution in [1.29, 1.82) is 5.26 Å². The van der Waals surface area contributed by atoms with E-state index < -0.39 is 0 Å². The molecular formula is C15H16N2S. The monoisotopic (exact) mass is 256 g/mol. The fourth-order valence-electron chi connectivity index (χ4n) is 1.81. The molecule has 0 bridgehead atoms. The normalized spacial score (nSPS) is 10.4. The highest BCUT2D eigenvalue weighted by Crippen LogP contribution is 2.25. The van der Waals surface area contributed by atoms with Crippen LogP contribution in [0, 0.1) is 11.3 Å². The molecule has 0 aliphatic rings. The van der Waals surface area contributed by atoms with E-state index in [4.69, 9.17) is 0 Å². The minimum Gasteiger partial charge on any atom is -0.240 e. The minimum atomic E-state index is 0.690. The van der Waals surface area contributed by atoms with Gasteiger partial charge in [0.2, 0.25) is 0 Å². The molecule has 0 amide bonds. The van der Waals surface area contributed by atoms with Gasteiger partial charge in [-0.2, -0.15) is 5.26 Å². The molecule has 0 atom stereocenters. The molecule has 0 aliphatic heterocycles. The average molecular weight is 256 g/mol. The van der Waals surface area contributed by atoms with Crippen LogP contribution in [0.25, 0.3) is 10.9 Å². The summed E-state index contributed by atoms with van der Waals surface area (Å²) >= 11 is 1.69. The van der Waals surface area contributed by atoms with E-state index in [1.54, 1.807) is 11.8 Å². The minimum absolute atomic E-state index is 0.690. The zero-order valence-corrected chi connectivity index (χ0v) is 11.3. The Bertz CT molecular complexity index is 572. The number of nitriles is 1. The van der Waals surface area contributed by atoms with E-state index in [0.29, 0.717) is 5.56 Å². The quantitative estimate of drug-likeness (QED) is 0.588. The van der Waals surface area contributed by atoms with Gasteiger partial charge in [-0.15, -0.1) is 11.8 Å². The molecule has 0 N–H and O–H groups in total. The second-order valence-electron chi connectivity index (χ2n) is 4.20. The Morgan fingerprint density at radius 2 is 2.11 bits per heavy atom. The molecule has 92 valence electrons. The van der Waals surface area contributed by atoms with Crippen molar-refractivity contribution in [1.82, 2.24) is 4.98 Å². The van der Waals surface area contributed by atoms with Crippen molar-refractivity contribution in [2.24, 2.45) is 0 Å². The molecule has 1 heterocycles. The molecule has 0 aliphatic carbocycles. The summed E-state index contributed by atoms with van der Waals surface area (Å²) in [5.74, 6) is 1.04. The molecule has 18 heavy (non-hydrogen) atoms. The van der Waals surface area contributed by atoms with E-state index in [2.05, 4.69) is 18.0 Å². The van der Waals surface area contributed by atoms with Crippen molar-refractivity contribution >= 4 is 22.7 Å². The Labute approximate surface area is 112 Å². The van der Waals surface area contributed by atoms with Crippen LogP contribution >= 0.6 is 11.8 Å². The summed E-state index contributed by atoms with van der Waals surface area (Å²) in [5.41, 5.74) is 1.66. The maximum Gasteiger partial charge on any atom is 0.115 e. The van der Waals surface area contributed by atoms with E-state index in [-0.39, 0.29) is 0 Å². The molecule has 3 heteroatoms. The fourth-order valence-corrected chi connectivity index (χ4v) is 2.77. The first-order valence-electron chi connectivity index (χ1n) is 6.28. The molecule has 0 saturated carbocycles. The molecular weight excluding hydrogens is 240 g/mol. The van der Waals surface area contributed by atoms with Crippen LogP contribution < -0.4 is 0 Å². The molecule has 0 radical (unpaired) electrons. The highest BCUT2D eigenvalue weighted by Gasteiger charge is 2.06. The lowest BCUT2D eigenvalue weighted by atomic mass is 10.2. The van der Waals surface area contributed by atoms with E-state index in [1.165, 1.54) is 19.3 Å². The highest BCUT2D eigenvalue weighted by atomic mass is 32.2. The summed E-state index contributed by atoms with van der Waals surface area (Å²) in [6, 6.07) is 12.1. The Kier molecular flexibility index (Phi) is 4.60. The molecule has 2 aromatic rings. The number of hydrogen-bond acceptors (Lipinski definition) is 3. The third-order valence-electron chi connectivity index (χ3n) is 2.80. The van der Waals surface area contributed by atoms with Crippen LogP contribution in [0.4, 0.5) is 0 Å². The molecule has 0 unspecified atom stereocenters. The van der Waals surface area contributed by atoms with Gasteiger partial charge in [-0.3, -0.25) is 0 Å². The second kappa shape index (κ2) is 6.42. The van der Waals surface area contributed by atoms with E-state index in [0.717, 1.165) is 21.7 Å². The van der Waals surface area contributed by atoms with Crippen molar-refractivity contribution < 1.29 is 0 Å². The number of hydrogen-bond donors (Lipinski definition) is 0. The van der Waals surface area contributed by atoms with Gasteiger partial charge in [-0.05, 0) is 24.3 Å². The van der Waals surface area contributed by atoms with Crippen molar-refractivity contribution in [3.8, 4) is 6.07 Å². The zero-order valence-electron chi connectivity index (χ0n) is 10.5. The number of fused-ring (bicyclic) bond motifs is 1. The van der Waals surface area contributed by atoms with Gasteiger partial charge >= 0.3 is 0 Å². The van der Waals surface area contributed by atoms with Crippen LogP contribution in [0.1, 0.15) is 31.7 Å². The topological polar surface area (TPSA) is 36.7 Å². The van der Waals surface area contributed by atoms with Gasteiger partial charge in [0.25, 0.3) is 0 Å². The first kappa shape index (κ1) is 12.9. The number of benzene rings is 1. The van der Waals surface area contributed by atoms with Gasteiger partial charge in [0, 0.05) is 5.39 Å². The fraction of sp³-hybridized carbons (Fsp3) is 0.333. The number of rotatable bonds is 5. The Balaban J connectivity index is 2.23. The average Bonchev–Trinajstić information content (AvgIpc) is 2.42. The van der Waals surface area contributed by atoms with Crippen LogP contribution in [-0.2, 0) is 0 Å². The highest BCUT2D eigenvalue weighted by molar-refractivity contribution is 7.99. The maximum absolute atomic E-state index is 9.18. The second-order valence-corrected chi connectivity index (χ2v) is 5.28. The molecule has 1 aromatic carbocycles. The predicted octanol–water partition coefficient (Wildman–Crippen LogP) is 4.39. The Morgan fingerprint density at radius 3 is 2.89 bits per heavy atom. The summed E-state index contributed by atoms with van der Waals surface area (Å²) in [7, 11) is 0. The molecule has 0 saturated heterocycles. The lowest BCUT2D eigenvalue weighted by Crippen LogP contribution is -1.90. The maximum atomic E-state index is 9.18. The predicted molar refractivity (Wildman–Crippen MR) is 76.7 cm³/mol. The van der Waals surface area contributed by atoms with Gasteiger partial charge in [-0.1, -0.05) is 38.0 Å². The molecule has 0 spiro atoms. The Morgan fingerprint density at radius 1 is 1.28 bits per heavy atom. The molecule has 2 rings (SSSR count). The van der Waals surface area contributed by atoms with Gasteiger partial charge in [0.15, 0.2) is 0 Å². The number of unbranched alkanes of at least 4 members (excludes halogenated alkanes) is 2. The van der Waals surface area contributed by atoms with Crippen LogP contribution in [0.3, 0.4) is 0 Å². The van der Waals surface area contributed by atoms with Gasteiger partial charge in [0.05, 0.1) is 11.1 Å². The summed E-state index contributed by atoms with van der Waals surface area (Å²) in [4.78, 5) is 4.58. The number of pyridine rings is 1. The largest absolute Gasteiger partial charge is 0.240 e. The van der Waals surface area contributed by atoms with E-state index in [9.17, 15) is 5.26 Å². The van der Waals surface area contributed by atoms with Gasteiger partial charge in [0.1, 0.15) is 11.1 Å². The number of nitrogens with zero attached hydrogens (tertiary/aromatic N) is 2. The van der Waals surface area contributed by atoms with Crippen LogP contribution in [0.15, 0.2) is 35.4 Å². The SMILES string of the molecule is CCCCCSc1nc2ccccc2cc1C#N. The number of aromatic nitrogens is 1. The van der Waals surface area contributed by atoms with Crippen LogP contribution in [0.2, 0.25) is 0 Å². The van der Waals surface area contributed by atoms with Crippen molar-refractivity contribution in [2.45, 2.75) is 31.2 Å². The Hall–Kier alpha value is -1.53. The number of para-hydroxylation sites is 1. The number of thioether (sulfide) groups is 1. The first-order chi connectivity index (χ1) is 8.85. The van der Waals surface area contributed by atoms with Crippen LogP contribution in [0.5, 0.6) is 0 Å². The summed E-state index contributed by atoms with van der Waals surface area (Å²) in [6.45, 7) is 2.19. The van der Waals surface area contributed by atoms with Gasteiger partial charge < -0.3 is 0 Å². The zero-order chi connectivity index (χ0) is 12.8.